The number of unbranched alkanes of at least 4 members (excludes halogenated alkanes) is 2. The molecule has 2 heterocycles. The van der Waals surface area contributed by atoms with E-state index >= 15 is 0 Å². The zero-order valence-corrected chi connectivity index (χ0v) is 20.1. The van der Waals surface area contributed by atoms with Crippen molar-refractivity contribution in [2.75, 3.05) is 55.6 Å². The van der Waals surface area contributed by atoms with Gasteiger partial charge in [-0.25, -0.2) is 0 Å². The van der Waals surface area contributed by atoms with E-state index in [9.17, 15) is 0 Å². The van der Waals surface area contributed by atoms with Gasteiger partial charge in [-0.3, -0.25) is 4.90 Å². The van der Waals surface area contributed by atoms with Crippen LogP contribution in [0.15, 0.2) is 18.2 Å². The largest absolute Gasteiger partial charge is 0.372 e. The Morgan fingerprint density at radius 1 is 0.806 bits per heavy atom. The highest BCUT2D eigenvalue weighted by Crippen LogP contribution is 2.59. The third-order valence-electron chi connectivity index (χ3n) is 8.97. The van der Waals surface area contributed by atoms with Crippen molar-refractivity contribution in [1.29, 1.82) is 0 Å². The Morgan fingerprint density at radius 2 is 1.55 bits per heavy atom. The number of rotatable bonds is 7. The maximum Gasteiger partial charge on any atom is 0.0404 e. The van der Waals surface area contributed by atoms with Crippen molar-refractivity contribution >= 4 is 11.4 Å². The number of hydrogen-bond acceptors (Lipinski definition) is 3. The van der Waals surface area contributed by atoms with Crippen LogP contribution in [0.1, 0.15) is 95.5 Å². The van der Waals surface area contributed by atoms with Crippen LogP contribution < -0.4 is 9.80 Å². The molecule has 1 aromatic carbocycles. The predicted molar refractivity (Wildman–Crippen MR) is 134 cm³/mol. The van der Waals surface area contributed by atoms with Gasteiger partial charge in [-0.15, -0.1) is 0 Å². The van der Waals surface area contributed by atoms with E-state index in [2.05, 4.69) is 39.8 Å². The Kier molecular flexibility index (Phi) is 6.78. The minimum atomic E-state index is 0.783. The number of anilines is 2. The van der Waals surface area contributed by atoms with Crippen LogP contribution in [-0.4, -0.2) is 50.7 Å². The van der Waals surface area contributed by atoms with Crippen LogP contribution in [0.3, 0.4) is 0 Å². The third kappa shape index (κ3) is 5.07. The Morgan fingerprint density at radius 3 is 2.23 bits per heavy atom. The SMILES string of the molecule is CCCCCN1CCN(c2ccc(N3CCCCC3)cc2C2CCC3(CC2)CC3)CC1. The topological polar surface area (TPSA) is 9.72 Å². The molecule has 2 saturated heterocycles. The predicted octanol–water partition coefficient (Wildman–Crippen LogP) is 6.43. The van der Waals surface area contributed by atoms with E-state index in [1.807, 2.05) is 0 Å². The van der Waals surface area contributed by atoms with Gasteiger partial charge in [0.1, 0.15) is 0 Å². The summed E-state index contributed by atoms with van der Waals surface area (Å²) in [6, 6.07) is 7.58. The van der Waals surface area contributed by atoms with Gasteiger partial charge in [0.2, 0.25) is 0 Å². The number of piperazine rings is 1. The van der Waals surface area contributed by atoms with E-state index in [0.717, 1.165) is 11.3 Å². The molecule has 4 aliphatic rings. The molecule has 2 aliphatic heterocycles. The average molecular weight is 424 g/mol. The quantitative estimate of drug-likeness (QED) is 0.468. The summed E-state index contributed by atoms with van der Waals surface area (Å²) in [7, 11) is 0. The smallest absolute Gasteiger partial charge is 0.0404 e. The van der Waals surface area contributed by atoms with E-state index in [1.165, 1.54) is 129 Å². The average Bonchev–Trinajstić information content (AvgIpc) is 3.59. The lowest BCUT2D eigenvalue weighted by molar-refractivity contribution is 0.252. The maximum atomic E-state index is 2.73. The van der Waals surface area contributed by atoms with E-state index in [4.69, 9.17) is 0 Å². The number of hydrogen-bond donors (Lipinski definition) is 0. The highest BCUT2D eigenvalue weighted by atomic mass is 15.3. The second kappa shape index (κ2) is 9.73. The first-order chi connectivity index (χ1) is 15.3. The van der Waals surface area contributed by atoms with E-state index in [0.29, 0.717) is 0 Å². The summed E-state index contributed by atoms with van der Waals surface area (Å²) in [4.78, 5) is 8.09. The molecule has 0 radical (unpaired) electrons. The van der Waals surface area contributed by atoms with Gasteiger partial charge in [-0.05, 0) is 106 Å². The molecule has 0 amide bonds. The fraction of sp³-hybridized carbons (Fsp3) is 0.786. The highest BCUT2D eigenvalue weighted by molar-refractivity contribution is 5.63. The summed E-state index contributed by atoms with van der Waals surface area (Å²) < 4.78 is 0. The second-order valence-corrected chi connectivity index (χ2v) is 11.1. The molecule has 2 saturated carbocycles. The summed E-state index contributed by atoms with van der Waals surface area (Å²) in [6.45, 7) is 11.0. The van der Waals surface area contributed by atoms with Crippen molar-refractivity contribution in [2.24, 2.45) is 5.41 Å². The van der Waals surface area contributed by atoms with Crippen molar-refractivity contribution < 1.29 is 0 Å². The minimum absolute atomic E-state index is 0.783. The summed E-state index contributed by atoms with van der Waals surface area (Å²) >= 11 is 0. The summed E-state index contributed by atoms with van der Waals surface area (Å²) in [5, 5.41) is 0. The Bertz CT molecular complexity index is 701. The fourth-order valence-corrected chi connectivity index (χ4v) is 6.52. The third-order valence-corrected chi connectivity index (χ3v) is 8.97. The van der Waals surface area contributed by atoms with Crippen molar-refractivity contribution in [3.63, 3.8) is 0 Å². The van der Waals surface area contributed by atoms with Crippen LogP contribution in [0.4, 0.5) is 11.4 Å². The molecular weight excluding hydrogens is 378 g/mol. The monoisotopic (exact) mass is 423 g/mol. The van der Waals surface area contributed by atoms with Gasteiger partial charge in [0.05, 0.1) is 0 Å². The van der Waals surface area contributed by atoms with Crippen molar-refractivity contribution in [3.8, 4) is 0 Å². The normalized spacial score (nSPS) is 24.7. The Balaban J connectivity index is 1.31. The van der Waals surface area contributed by atoms with E-state index in [-0.39, 0.29) is 0 Å². The van der Waals surface area contributed by atoms with Gasteiger partial charge >= 0.3 is 0 Å². The molecule has 3 nitrogen and oxygen atoms in total. The molecule has 2 aliphatic carbocycles. The molecule has 0 bridgehead atoms. The first-order valence-electron chi connectivity index (χ1n) is 13.6. The van der Waals surface area contributed by atoms with Crippen LogP contribution in [-0.2, 0) is 0 Å². The zero-order valence-electron chi connectivity index (χ0n) is 20.1. The molecule has 1 aromatic rings. The molecule has 0 N–H and O–H groups in total. The molecule has 0 atom stereocenters. The van der Waals surface area contributed by atoms with Crippen LogP contribution in [0.2, 0.25) is 0 Å². The number of benzene rings is 1. The maximum absolute atomic E-state index is 2.73. The van der Waals surface area contributed by atoms with Crippen LogP contribution in [0, 0.1) is 5.41 Å². The molecule has 0 aromatic heterocycles. The standard InChI is InChI=1S/C28H45N3/c1-2-3-5-16-29-19-21-31(22-20-29)27-9-8-25(30-17-6-4-7-18-30)23-26(27)24-10-12-28(13-11-24)14-15-28/h8-9,23-24H,2-7,10-22H2,1H3. The molecule has 31 heavy (non-hydrogen) atoms. The van der Waals surface area contributed by atoms with Gasteiger partial charge in [-0.2, -0.15) is 0 Å². The Hall–Kier alpha value is -1.22. The molecular formula is C28H45N3. The Labute approximate surface area is 191 Å². The first kappa shape index (κ1) is 21.6. The molecule has 5 rings (SSSR count). The summed E-state index contributed by atoms with van der Waals surface area (Å²) in [5.74, 6) is 0.786. The van der Waals surface area contributed by atoms with Crippen LogP contribution in [0.25, 0.3) is 0 Å². The van der Waals surface area contributed by atoms with Crippen molar-refractivity contribution in [2.45, 2.75) is 89.9 Å². The molecule has 172 valence electrons. The number of piperidine rings is 1. The lowest BCUT2D eigenvalue weighted by Gasteiger charge is -2.39. The summed E-state index contributed by atoms with van der Waals surface area (Å²) in [6.07, 6.45) is 17.1. The summed E-state index contributed by atoms with van der Waals surface area (Å²) in [5.41, 5.74) is 5.55. The number of nitrogens with zero attached hydrogens (tertiary/aromatic N) is 3. The highest BCUT2D eigenvalue weighted by Gasteiger charge is 2.45. The zero-order chi connectivity index (χ0) is 21.1. The lowest BCUT2D eigenvalue weighted by Crippen LogP contribution is -2.47. The van der Waals surface area contributed by atoms with Crippen LogP contribution in [0.5, 0.6) is 0 Å². The molecule has 4 fully saturated rings. The molecule has 3 heteroatoms. The molecule has 0 unspecified atom stereocenters. The van der Waals surface area contributed by atoms with Crippen molar-refractivity contribution in [1.82, 2.24) is 4.90 Å². The van der Waals surface area contributed by atoms with E-state index in [1.54, 1.807) is 11.3 Å². The van der Waals surface area contributed by atoms with E-state index < -0.39 is 0 Å². The minimum Gasteiger partial charge on any atom is -0.372 e. The van der Waals surface area contributed by atoms with Crippen LogP contribution >= 0.6 is 0 Å². The van der Waals surface area contributed by atoms with Gasteiger partial charge in [0, 0.05) is 50.6 Å². The lowest BCUT2D eigenvalue weighted by atomic mass is 9.76. The second-order valence-electron chi connectivity index (χ2n) is 11.1. The molecule has 1 spiro atoms. The van der Waals surface area contributed by atoms with Gasteiger partial charge in [0.25, 0.3) is 0 Å². The van der Waals surface area contributed by atoms with Gasteiger partial charge in [0.15, 0.2) is 0 Å². The fourth-order valence-electron chi connectivity index (χ4n) is 6.52. The van der Waals surface area contributed by atoms with Gasteiger partial charge < -0.3 is 9.80 Å². The first-order valence-corrected chi connectivity index (χ1v) is 13.6. The van der Waals surface area contributed by atoms with Crippen molar-refractivity contribution in [3.05, 3.63) is 23.8 Å². The van der Waals surface area contributed by atoms with Gasteiger partial charge in [-0.1, -0.05) is 19.8 Å².